The summed E-state index contributed by atoms with van der Waals surface area (Å²) in [4.78, 5) is 12.7. The number of nitrogens with zero attached hydrogens (tertiary/aromatic N) is 4. The molecule has 7 nitrogen and oxygen atoms in total. The van der Waals surface area contributed by atoms with Crippen LogP contribution in [0.5, 0.6) is 0 Å². The zero-order chi connectivity index (χ0) is 15.1. The zero-order valence-electron chi connectivity index (χ0n) is 12.0. The van der Waals surface area contributed by atoms with Crippen LogP contribution in [0.4, 0.5) is 0 Å². The summed E-state index contributed by atoms with van der Waals surface area (Å²) in [7, 11) is 0. The second-order valence-electron chi connectivity index (χ2n) is 4.48. The van der Waals surface area contributed by atoms with E-state index in [1.807, 2.05) is 0 Å². The number of hydrogen-bond acceptors (Lipinski definition) is 6. The first-order chi connectivity index (χ1) is 10.0. The Labute approximate surface area is 116 Å². The number of hydrogen-bond donors (Lipinski definition) is 2. The Morgan fingerprint density at radius 3 is 2.95 bits per heavy atom. The van der Waals surface area contributed by atoms with Gasteiger partial charge in [-0.2, -0.15) is 0 Å². The molecule has 1 fully saturated rings. The van der Waals surface area contributed by atoms with Gasteiger partial charge in [-0.25, -0.2) is 15.0 Å². The molecule has 7 heteroatoms. The number of aryl methyl sites for hydroxylation is 1. The molecule has 1 aliphatic heterocycles. The molecule has 2 unspecified atom stereocenters. The van der Waals surface area contributed by atoms with Crippen LogP contribution in [0.1, 0.15) is 26.0 Å². The smallest absolute Gasteiger partial charge is 0.207 e. The molecule has 4 atom stereocenters. The van der Waals surface area contributed by atoms with Crippen molar-refractivity contribution in [2.45, 2.75) is 32.3 Å². The highest BCUT2D eigenvalue weighted by Gasteiger charge is 2.36. The largest absolute Gasteiger partial charge is 0.388 e. The fourth-order valence-corrected chi connectivity index (χ4v) is 2.13. The Morgan fingerprint density at radius 2 is 2.30 bits per heavy atom. The molecular formula is C13H14N4O3. The summed E-state index contributed by atoms with van der Waals surface area (Å²) in [6.07, 6.45) is -1.95. The summed E-state index contributed by atoms with van der Waals surface area (Å²) >= 11 is 0. The van der Waals surface area contributed by atoms with Gasteiger partial charge in [-0.15, -0.1) is 0 Å². The number of fused-ring (bicyclic) bond motifs is 1. The third-order valence-corrected chi connectivity index (χ3v) is 3.11. The molecule has 2 aromatic heterocycles. The molecule has 3 rings (SSSR count). The number of aliphatic hydroxyl groups excluding tert-OH is 2. The zero-order valence-corrected chi connectivity index (χ0v) is 11.0. The van der Waals surface area contributed by atoms with Gasteiger partial charge in [0.25, 0.3) is 0 Å². The van der Waals surface area contributed by atoms with Gasteiger partial charge in [0.05, 0.1) is 20.0 Å². The van der Waals surface area contributed by atoms with Crippen LogP contribution in [0.15, 0.2) is 6.33 Å². The Morgan fingerprint density at radius 1 is 1.50 bits per heavy atom. The number of ether oxygens (including phenoxy) is 1. The van der Waals surface area contributed by atoms with Crippen LogP contribution < -0.4 is 0 Å². The number of imidazole rings is 1. The minimum absolute atomic E-state index is 0.347. The molecule has 20 heavy (non-hydrogen) atoms. The maximum atomic E-state index is 9.99. The molecule has 0 radical (unpaired) electrons. The Hall–Kier alpha value is -2.01. The number of rotatable bonds is 1. The van der Waals surface area contributed by atoms with Crippen LogP contribution >= 0.6 is 0 Å². The van der Waals surface area contributed by atoms with Gasteiger partial charge in [0.1, 0.15) is 17.7 Å². The minimum Gasteiger partial charge on any atom is -0.388 e. The summed E-state index contributed by atoms with van der Waals surface area (Å²) in [5, 5.41) is 19.6. The van der Waals surface area contributed by atoms with Gasteiger partial charge in [-0.05, 0) is 19.8 Å². The molecule has 104 valence electrons. The second kappa shape index (κ2) is 4.83. The van der Waals surface area contributed by atoms with E-state index < -0.39 is 25.0 Å². The monoisotopic (exact) mass is 275 g/mol. The van der Waals surface area contributed by atoms with E-state index in [0.717, 1.165) is 0 Å². The molecule has 0 bridgehead atoms. The molecule has 0 amide bonds. The quantitative estimate of drug-likeness (QED) is 0.698. The summed E-state index contributed by atoms with van der Waals surface area (Å²) in [6.45, 7) is 2.27. The van der Waals surface area contributed by atoms with E-state index in [1.165, 1.54) is 10.9 Å². The lowest BCUT2D eigenvalue weighted by atomic mass is 10.2. The second-order valence-corrected chi connectivity index (χ2v) is 4.48. The van der Waals surface area contributed by atoms with Gasteiger partial charge in [-0.1, -0.05) is 5.92 Å². The van der Waals surface area contributed by atoms with Crippen LogP contribution in [-0.2, 0) is 4.74 Å². The molecule has 1 saturated heterocycles. The third kappa shape index (κ3) is 1.94. The molecule has 1 aliphatic rings. The van der Waals surface area contributed by atoms with E-state index in [4.69, 9.17) is 6.11 Å². The fraction of sp³-hybridized carbons (Fsp3) is 0.462. The van der Waals surface area contributed by atoms with Crippen molar-refractivity contribution < 1.29 is 16.3 Å². The van der Waals surface area contributed by atoms with Crippen LogP contribution in [0, 0.1) is 18.8 Å². The van der Waals surface area contributed by atoms with Crippen LogP contribution in [-0.4, -0.2) is 48.5 Å². The lowest BCUT2D eigenvalue weighted by Gasteiger charge is -2.16. The number of aliphatic hydroxyl groups is 2. The van der Waals surface area contributed by atoms with Crippen molar-refractivity contribution in [3.63, 3.8) is 0 Å². The van der Waals surface area contributed by atoms with Gasteiger partial charge in [0.15, 0.2) is 11.9 Å². The highest BCUT2D eigenvalue weighted by atomic mass is 16.5. The van der Waals surface area contributed by atoms with Gasteiger partial charge < -0.3 is 14.9 Å². The molecule has 0 saturated carbocycles. The lowest BCUT2D eigenvalue weighted by Crippen LogP contribution is -2.28. The summed E-state index contributed by atoms with van der Waals surface area (Å²) in [5.41, 5.74) is 1.67. The molecule has 0 aliphatic carbocycles. The van der Waals surface area contributed by atoms with Gasteiger partial charge in [0, 0.05) is 0 Å². The predicted molar refractivity (Wildman–Crippen MR) is 69.6 cm³/mol. The van der Waals surface area contributed by atoms with E-state index in [-0.39, 0.29) is 0 Å². The highest BCUT2D eigenvalue weighted by molar-refractivity contribution is 5.73. The first-order valence-electron chi connectivity index (χ1n) is 6.68. The summed E-state index contributed by atoms with van der Waals surface area (Å²) in [5.74, 6) is 5.85. The molecule has 2 N–H and O–H groups in total. The Balaban J connectivity index is 2.13. The standard InChI is InChI=1S/C13H14N4O3/c1-3-4-9-15-7(2)10-12(16-9)17(6-14-10)13-11(19)8(18)5-20-13/h6,8,11,13,18-19H,5H2,1-2H3/t8-,11?,13+/m0/s1/i5D/t5?,8-,11?,13+. The molecule has 0 spiro atoms. The number of aromatic nitrogens is 4. The topological polar surface area (TPSA) is 93.3 Å². The van der Waals surface area contributed by atoms with Crippen LogP contribution in [0.3, 0.4) is 0 Å². The van der Waals surface area contributed by atoms with Crippen molar-refractivity contribution in [3.05, 3.63) is 17.8 Å². The van der Waals surface area contributed by atoms with Crippen molar-refractivity contribution in [2.75, 3.05) is 6.58 Å². The summed E-state index contributed by atoms with van der Waals surface area (Å²) < 4.78 is 14.3. The van der Waals surface area contributed by atoms with Gasteiger partial charge in [-0.3, -0.25) is 4.57 Å². The SMILES string of the molecule is [2H]C1O[C@@H](n2cnc3c(C)nc(C#CC)nc32)C(O)[C@H]1O. The van der Waals surface area contributed by atoms with E-state index in [1.54, 1.807) is 13.8 Å². The molecule has 3 heterocycles. The lowest BCUT2D eigenvalue weighted by molar-refractivity contribution is -0.0162. The Bertz CT molecular complexity index is 751. The minimum atomic E-state index is -1.27. The highest BCUT2D eigenvalue weighted by Crippen LogP contribution is 2.27. The Kier molecular flexibility index (Phi) is 2.85. The molecule has 2 aromatic rings. The predicted octanol–water partition coefficient (Wildman–Crippen LogP) is -0.243. The van der Waals surface area contributed by atoms with E-state index in [0.29, 0.717) is 22.7 Å². The van der Waals surface area contributed by atoms with Gasteiger partial charge >= 0.3 is 0 Å². The maximum absolute atomic E-state index is 9.99. The van der Waals surface area contributed by atoms with Crippen molar-refractivity contribution in [1.29, 1.82) is 0 Å². The van der Waals surface area contributed by atoms with E-state index >= 15 is 0 Å². The fourth-order valence-electron chi connectivity index (χ4n) is 2.13. The van der Waals surface area contributed by atoms with Crippen molar-refractivity contribution in [3.8, 4) is 11.8 Å². The first-order valence-corrected chi connectivity index (χ1v) is 6.10. The average molecular weight is 275 g/mol. The van der Waals surface area contributed by atoms with Crippen molar-refractivity contribution in [2.24, 2.45) is 0 Å². The van der Waals surface area contributed by atoms with Crippen molar-refractivity contribution >= 4 is 11.2 Å². The molecular weight excluding hydrogens is 260 g/mol. The van der Waals surface area contributed by atoms with Crippen molar-refractivity contribution in [1.82, 2.24) is 19.5 Å². The van der Waals surface area contributed by atoms with Crippen LogP contribution in [0.25, 0.3) is 11.2 Å². The van der Waals surface area contributed by atoms with Crippen LogP contribution in [0.2, 0.25) is 0 Å². The third-order valence-electron chi connectivity index (χ3n) is 3.11. The maximum Gasteiger partial charge on any atom is 0.207 e. The normalized spacial score (nSPS) is 30.1. The average Bonchev–Trinajstić information content (AvgIpc) is 2.96. The molecule has 0 aromatic carbocycles. The van der Waals surface area contributed by atoms with Gasteiger partial charge in [0.2, 0.25) is 5.82 Å². The van der Waals surface area contributed by atoms with E-state index in [9.17, 15) is 10.2 Å². The first kappa shape index (κ1) is 11.8. The summed E-state index contributed by atoms with van der Waals surface area (Å²) in [6, 6.07) is 0. The van der Waals surface area contributed by atoms with E-state index in [2.05, 4.69) is 26.8 Å².